The van der Waals surface area contributed by atoms with E-state index in [9.17, 15) is 4.39 Å². The van der Waals surface area contributed by atoms with Gasteiger partial charge in [-0.15, -0.1) is 0 Å². The summed E-state index contributed by atoms with van der Waals surface area (Å²) in [5, 5.41) is 0. The van der Waals surface area contributed by atoms with Gasteiger partial charge in [-0.25, -0.2) is 14.4 Å². The first-order valence-electron chi connectivity index (χ1n) is 7.84. The number of nitrogens with zero attached hydrogens (tertiary/aromatic N) is 3. The predicted octanol–water partition coefficient (Wildman–Crippen LogP) is 3.22. The summed E-state index contributed by atoms with van der Waals surface area (Å²) in [7, 11) is 1.53. The summed E-state index contributed by atoms with van der Waals surface area (Å²) in [4.78, 5) is 12.9. The lowest BCUT2D eigenvalue weighted by molar-refractivity contribution is 0.417. The third-order valence-corrected chi connectivity index (χ3v) is 3.85. The molecule has 0 amide bonds. The highest BCUT2D eigenvalue weighted by Gasteiger charge is 2.08. The Labute approximate surface area is 150 Å². The number of aryl methyl sites for hydroxylation is 1. The molecule has 1 heterocycles. The molecule has 0 bridgehead atoms. The van der Waals surface area contributed by atoms with Crippen LogP contribution >= 0.6 is 0 Å². The number of nitrogens with two attached hydrogens (primary N) is 2. The average molecular weight is 351 g/mol. The van der Waals surface area contributed by atoms with Gasteiger partial charge in [-0.3, -0.25) is 4.98 Å². The van der Waals surface area contributed by atoms with Crippen LogP contribution in [-0.2, 0) is 0 Å². The van der Waals surface area contributed by atoms with E-state index in [1.54, 1.807) is 30.5 Å². The molecule has 0 aliphatic carbocycles. The second-order valence-electron chi connectivity index (χ2n) is 5.68. The van der Waals surface area contributed by atoms with Crippen molar-refractivity contribution in [2.24, 2.45) is 10.7 Å². The maximum atomic E-state index is 13.3. The number of halogens is 1. The number of hydrogen-bond acceptors (Lipinski definition) is 5. The summed E-state index contributed by atoms with van der Waals surface area (Å²) in [6.45, 7) is 1.81. The van der Waals surface area contributed by atoms with Crippen LogP contribution in [-0.4, -0.2) is 22.9 Å². The lowest BCUT2D eigenvalue weighted by atomic mass is 10.1. The molecule has 0 spiro atoms. The van der Waals surface area contributed by atoms with Gasteiger partial charge < -0.3 is 16.2 Å². The first-order valence-corrected chi connectivity index (χ1v) is 7.84. The Morgan fingerprint density at radius 1 is 1.15 bits per heavy atom. The van der Waals surface area contributed by atoms with E-state index < -0.39 is 0 Å². The Balaban J connectivity index is 1.96. The minimum absolute atomic E-state index is 0.255. The zero-order chi connectivity index (χ0) is 18.7. The normalized spacial score (nSPS) is 11.4. The van der Waals surface area contributed by atoms with Gasteiger partial charge in [-0.2, -0.15) is 0 Å². The lowest BCUT2D eigenvalue weighted by Crippen LogP contribution is -2.13. The van der Waals surface area contributed by atoms with Crippen LogP contribution in [0.4, 0.5) is 15.9 Å². The van der Waals surface area contributed by atoms with Crippen molar-refractivity contribution in [1.29, 1.82) is 0 Å². The number of nitrogen functional groups attached to an aromatic ring is 1. The van der Waals surface area contributed by atoms with Crippen molar-refractivity contribution in [2.45, 2.75) is 6.92 Å². The maximum Gasteiger partial charge on any atom is 0.173 e. The molecule has 3 rings (SSSR count). The zero-order valence-electron chi connectivity index (χ0n) is 14.4. The van der Waals surface area contributed by atoms with E-state index in [2.05, 4.69) is 15.0 Å². The minimum Gasteiger partial charge on any atom is -0.495 e. The van der Waals surface area contributed by atoms with Crippen LogP contribution in [0, 0.1) is 12.7 Å². The molecule has 0 saturated carbocycles. The van der Waals surface area contributed by atoms with Gasteiger partial charge in [-0.05, 0) is 48.9 Å². The highest BCUT2D eigenvalue weighted by molar-refractivity contribution is 5.99. The predicted molar refractivity (Wildman–Crippen MR) is 100.0 cm³/mol. The number of ether oxygens (including phenoxy) is 1. The molecule has 0 atom stereocenters. The van der Waals surface area contributed by atoms with Crippen molar-refractivity contribution in [3.05, 3.63) is 65.7 Å². The van der Waals surface area contributed by atoms with E-state index in [-0.39, 0.29) is 11.7 Å². The summed E-state index contributed by atoms with van der Waals surface area (Å²) in [6, 6.07) is 9.64. The number of aromatic nitrogens is 2. The maximum absolute atomic E-state index is 13.3. The molecular weight excluding hydrogens is 333 g/mol. The Morgan fingerprint density at radius 3 is 2.69 bits per heavy atom. The summed E-state index contributed by atoms with van der Waals surface area (Å²) in [5.41, 5.74) is 15.2. The van der Waals surface area contributed by atoms with Gasteiger partial charge in [0.15, 0.2) is 5.82 Å². The number of anilines is 1. The number of hydrogen-bond donors (Lipinski definition) is 2. The van der Waals surface area contributed by atoms with E-state index in [1.165, 1.54) is 25.4 Å². The van der Waals surface area contributed by atoms with E-state index in [0.29, 0.717) is 28.5 Å². The number of amidine groups is 1. The monoisotopic (exact) mass is 351 g/mol. The minimum atomic E-state index is -0.296. The van der Waals surface area contributed by atoms with Crippen molar-refractivity contribution in [3.8, 4) is 17.0 Å². The lowest BCUT2D eigenvalue weighted by Gasteiger charge is -2.08. The van der Waals surface area contributed by atoms with Crippen molar-refractivity contribution in [3.63, 3.8) is 0 Å². The second-order valence-corrected chi connectivity index (χ2v) is 5.68. The zero-order valence-corrected chi connectivity index (χ0v) is 14.4. The molecular formula is C19H18FN5O. The first kappa shape index (κ1) is 17.3. The van der Waals surface area contributed by atoms with Crippen molar-refractivity contribution >= 4 is 17.3 Å². The molecule has 0 radical (unpaired) electrons. The largest absolute Gasteiger partial charge is 0.495 e. The van der Waals surface area contributed by atoms with Crippen LogP contribution in [0.15, 0.2) is 53.8 Å². The fourth-order valence-electron chi connectivity index (χ4n) is 2.51. The molecule has 132 valence electrons. The van der Waals surface area contributed by atoms with Crippen molar-refractivity contribution in [1.82, 2.24) is 9.97 Å². The van der Waals surface area contributed by atoms with Crippen LogP contribution in [0.2, 0.25) is 0 Å². The SMILES string of the molecule is COc1cc(C(N)=Nc2cncc(-c3ccc(F)cc3C)n2)ccc1N. The van der Waals surface area contributed by atoms with E-state index in [0.717, 1.165) is 11.1 Å². The third kappa shape index (κ3) is 3.61. The smallest absolute Gasteiger partial charge is 0.173 e. The molecule has 6 nitrogen and oxygen atoms in total. The van der Waals surface area contributed by atoms with Crippen molar-refractivity contribution in [2.75, 3.05) is 12.8 Å². The molecule has 26 heavy (non-hydrogen) atoms. The van der Waals surface area contributed by atoms with Gasteiger partial charge in [0.1, 0.15) is 17.4 Å². The Kier molecular flexibility index (Phi) is 4.79. The standard InChI is InChI=1S/C19H18FN5O/c1-11-7-13(20)4-5-14(11)16-9-23-10-18(24-16)25-19(22)12-3-6-15(21)17(8-12)26-2/h3-10H,21H2,1-2H3,(H2,22,24,25). The summed E-state index contributed by atoms with van der Waals surface area (Å²) >= 11 is 0. The molecule has 0 aliphatic heterocycles. The fourth-order valence-corrected chi connectivity index (χ4v) is 2.51. The molecule has 3 aromatic rings. The van der Waals surface area contributed by atoms with E-state index in [4.69, 9.17) is 16.2 Å². The molecule has 0 aliphatic rings. The molecule has 0 fully saturated rings. The van der Waals surface area contributed by atoms with Gasteiger partial charge in [0.05, 0.1) is 30.9 Å². The topological polar surface area (TPSA) is 99.4 Å². The number of rotatable bonds is 4. The van der Waals surface area contributed by atoms with Crippen LogP contribution in [0.25, 0.3) is 11.3 Å². The van der Waals surface area contributed by atoms with Crippen LogP contribution in [0.3, 0.4) is 0 Å². The van der Waals surface area contributed by atoms with Gasteiger partial charge in [0.25, 0.3) is 0 Å². The Morgan fingerprint density at radius 2 is 1.96 bits per heavy atom. The third-order valence-electron chi connectivity index (χ3n) is 3.85. The second kappa shape index (κ2) is 7.18. The molecule has 0 unspecified atom stereocenters. The van der Waals surface area contributed by atoms with Gasteiger partial charge in [0.2, 0.25) is 0 Å². The van der Waals surface area contributed by atoms with Gasteiger partial charge in [-0.1, -0.05) is 0 Å². The summed E-state index contributed by atoms with van der Waals surface area (Å²) < 4.78 is 18.5. The Bertz CT molecular complexity index is 987. The van der Waals surface area contributed by atoms with Gasteiger partial charge >= 0.3 is 0 Å². The molecule has 0 saturated heterocycles. The van der Waals surface area contributed by atoms with Crippen LogP contribution < -0.4 is 16.2 Å². The number of benzene rings is 2. The Hall–Kier alpha value is -3.48. The quantitative estimate of drug-likeness (QED) is 0.427. The molecule has 4 N–H and O–H groups in total. The summed E-state index contributed by atoms with van der Waals surface area (Å²) in [5.74, 6) is 0.822. The van der Waals surface area contributed by atoms with Gasteiger partial charge in [0, 0.05) is 11.1 Å². The first-order chi connectivity index (χ1) is 12.5. The number of methoxy groups -OCH3 is 1. The van der Waals surface area contributed by atoms with E-state index >= 15 is 0 Å². The van der Waals surface area contributed by atoms with Crippen LogP contribution in [0.1, 0.15) is 11.1 Å². The average Bonchev–Trinajstić information content (AvgIpc) is 2.62. The van der Waals surface area contributed by atoms with E-state index in [1.807, 2.05) is 6.92 Å². The fraction of sp³-hybridized carbons (Fsp3) is 0.105. The molecule has 2 aromatic carbocycles. The number of aliphatic imine (C=N–C) groups is 1. The van der Waals surface area contributed by atoms with Crippen molar-refractivity contribution < 1.29 is 9.13 Å². The molecule has 1 aromatic heterocycles. The summed E-state index contributed by atoms with van der Waals surface area (Å²) in [6.07, 6.45) is 3.10. The highest BCUT2D eigenvalue weighted by atomic mass is 19.1. The highest BCUT2D eigenvalue weighted by Crippen LogP contribution is 2.25. The van der Waals surface area contributed by atoms with Crippen LogP contribution in [0.5, 0.6) is 5.75 Å². The molecule has 7 heteroatoms.